The van der Waals surface area contributed by atoms with E-state index in [9.17, 15) is 18.0 Å². The number of carbonyl (C=O) groups excluding carboxylic acids is 1. The Morgan fingerprint density at radius 3 is 2.52 bits per heavy atom. The zero-order valence-electron chi connectivity index (χ0n) is 11.7. The highest BCUT2D eigenvalue weighted by molar-refractivity contribution is 5.98. The van der Waals surface area contributed by atoms with E-state index in [0.717, 1.165) is 25.1 Å². The van der Waals surface area contributed by atoms with E-state index in [4.69, 9.17) is 4.74 Å². The molecule has 0 spiro atoms. The largest absolute Gasteiger partial charge is 0.416 e. The molecule has 2 rings (SSSR count). The van der Waals surface area contributed by atoms with E-state index in [1.807, 2.05) is 6.92 Å². The quantitative estimate of drug-likeness (QED) is 0.850. The number of nitrogens with one attached hydrogen (secondary N) is 1. The molecule has 1 heterocycles. The van der Waals surface area contributed by atoms with Crippen LogP contribution in [0.1, 0.15) is 29.3 Å². The van der Waals surface area contributed by atoms with Gasteiger partial charge in [-0.25, -0.2) is 0 Å². The molecular formula is C15H18F3NO2. The van der Waals surface area contributed by atoms with Gasteiger partial charge in [0.2, 0.25) is 0 Å². The van der Waals surface area contributed by atoms with Crippen LogP contribution in [0.5, 0.6) is 0 Å². The first-order valence-electron chi connectivity index (χ1n) is 6.96. The maximum absolute atomic E-state index is 12.5. The van der Waals surface area contributed by atoms with Crippen molar-refractivity contribution in [2.45, 2.75) is 25.6 Å². The number of alkyl halides is 3. The van der Waals surface area contributed by atoms with Crippen LogP contribution in [0.2, 0.25) is 0 Å². The topological polar surface area (TPSA) is 38.3 Å². The maximum atomic E-state index is 12.5. The molecular weight excluding hydrogens is 283 g/mol. The van der Waals surface area contributed by atoms with Crippen LogP contribution < -0.4 is 5.32 Å². The van der Waals surface area contributed by atoms with Crippen molar-refractivity contribution in [3.05, 3.63) is 35.4 Å². The van der Waals surface area contributed by atoms with E-state index in [-0.39, 0.29) is 17.7 Å². The van der Waals surface area contributed by atoms with Crippen molar-refractivity contribution in [1.29, 1.82) is 0 Å². The summed E-state index contributed by atoms with van der Waals surface area (Å²) in [6.45, 7) is 3.57. The molecule has 2 atom stereocenters. The molecule has 1 aliphatic heterocycles. The first-order valence-corrected chi connectivity index (χ1v) is 6.96. The third-order valence-corrected chi connectivity index (χ3v) is 3.57. The summed E-state index contributed by atoms with van der Waals surface area (Å²) < 4.78 is 42.8. The van der Waals surface area contributed by atoms with E-state index in [0.29, 0.717) is 18.8 Å². The number of ether oxygens (including phenoxy) is 1. The number of halogens is 3. The minimum atomic E-state index is -4.39. The summed E-state index contributed by atoms with van der Waals surface area (Å²) in [5, 5.41) is 3.24. The van der Waals surface area contributed by atoms with Crippen LogP contribution >= 0.6 is 0 Å². The van der Waals surface area contributed by atoms with Gasteiger partial charge in [0.25, 0.3) is 0 Å². The minimum Gasteiger partial charge on any atom is -0.379 e. The maximum Gasteiger partial charge on any atom is 0.416 e. The van der Waals surface area contributed by atoms with Gasteiger partial charge >= 0.3 is 6.18 Å². The van der Waals surface area contributed by atoms with Crippen LogP contribution in [-0.4, -0.2) is 31.6 Å². The van der Waals surface area contributed by atoms with Gasteiger partial charge in [-0.2, -0.15) is 13.2 Å². The molecule has 1 aromatic carbocycles. The summed E-state index contributed by atoms with van der Waals surface area (Å²) in [6.07, 6.45) is -3.44. The van der Waals surface area contributed by atoms with Crippen molar-refractivity contribution in [3.63, 3.8) is 0 Å². The molecule has 0 bridgehead atoms. The lowest BCUT2D eigenvalue weighted by molar-refractivity contribution is -0.137. The van der Waals surface area contributed by atoms with Gasteiger partial charge in [0.05, 0.1) is 24.7 Å². The van der Waals surface area contributed by atoms with Gasteiger partial charge in [-0.3, -0.25) is 4.79 Å². The molecule has 2 unspecified atom stereocenters. The van der Waals surface area contributed by atoms with Gasteiger partial charge in [0, 0.05) is 11.6 Å². The van der Waals surface area contributed by atoms with Crippen molar-refractivity contribution in [1.82, 2.24) is 5.32 Å². The highest BCUT2D eigenvalue weighted by Gasteiger charge is 2.35. The summed E-state index contributed by atoms with van der Waals surface area (Å²) in [4.78, 5) is 12.4. The molecule has 0 aliphatic carbocycles. The summed E-state index contributed by atoms with van der Waals surface area (Å²) in [5.74, 6) is -0.511. The van der Waals surface area contributed by atoms with E-state index < -0.39 is 11.7 Å². The Bertz CT molecular complexity index is 485. The third kappa shape index (κ3) is 3.83. The van der Waals surface area contributed by atoms with Gasteiger partial charge < -0.3 is 10.1 Å². The average molecular weight is 301 g/mol. The molecule has 1 aliphatic rings. The molecule has 6 heteroatoms. The Morgan fingerprint density at radius 1 is 1.29 bits per heavy atom. The summed E-state index contributed by atoms with van der Waals surface area (Å²) in [5.41, 5.74) is -0.454. The standard InChI is InChI=1S/C15H18F3NO2/c1-2-7-19-13-9-21-8-12(13)14(20)10-3-5-11(6-4-10)15(16,17)18/h3-6,12-13,19H,2,7-9H2,1H3. The zero-order valence-corrected chi connectivity index (χ0v) is 11.7. The number of benzene rings is 1. The van der Waals surface area contributed by atoms with Crippen molar-refractivity contribution in [2.75, 3.05) is 19.8 Å². The van der Waals surface area contributed by atoms with E-state index in [1.54, 1.807) is 0 Å². The Hall–Kier alpha value is -1.40. The molecule has 1 saturated heterocycles. The fraction of sp³-hybridized carbons (Fsp3) is 0.533. The minimum absolute atomic E-state index is 0.0697. The summed E-state index contributed by atoms with van der Waals surface area (Å²) >= 11 is 0. The predicted octanol–water partition coefficient (Wildman–Crippen LogP) is 2.90. The molecule has 0 radical (unpaired) electrons. The molecule has 1 N–H and O–H groups in total. The van der Waals surface area contributed by atoms with Crippen molar-refractivity contribution >= 4 is 5.78 Å². The molecule has 1 fully saturated rings. The average Bonchev–Trinajstić information content (AvgIpc) is 2.92. The smallest absolute Gasteiger partial charge is 0.379 e. The Labute approximate surface area is 121 Å². The monoisotopic (exact) mass is 301 g/mol. The van der Waals surface area contributed by atoms with Crippen LogP contribution in [0.3, 0.4) is 0 Å². The van der Waals surface area contributed by atoms with E-state index in [1.165, 1.54) is 12.1 Å². The lowest BCUT2D eigenvalue weighted by atomic mass is 9.93. The van der Waals surface area contributed by atoms with Crippen molar-refractivity contribution in [2.24, 2.45) is 5.92 Å². The first kappa shape index (κ1) is 16.0. The Balaban J connectivity index is 2.08. The van der Waals surface area contributed by atoms with Crippen LogP contribution in [0.15, 0.2) is 24.3 Å². The number of rotatable bonds is 5. The SMILES string of the molecule is CCCNC1COCC1C(=O)c1ccc(C(F)(F)F)cc1. The van der Waals surface area contributed by atoms with Crippen molar-refractivity contribution < 1.29 is 22.7 Å². The van der Waals surface area contributed by atoms with Gasteiger partial charge in [0.15, 0.2) is 5.78 Å². The van der Waals surface area contributed by atoms with Gasteiger partial charge in [0.1, 0.15) is 0 Å². The molecule has 116 valence electrons. The molecule has 3 nitrogen and oxygen atoms in total. The lowest BCUT2D eigenvalue weighted by Gasteiger charge is -2.18. The number of Topliss-reactive ketones (excluding diaryl/α,β-unsaturated/α-hetero) is 1. The van der Waals surface area contributed by atoms with Crippen LogP contribution in [0, 0.1) is 5.92 Å². The fourth-order valence-corrected chi connectivity index (χ4v) is 2.38. The Morgan fingerprint density at radius 2 is 1.95 bits per heavy atom. The van der Waals surface area contributed by atoms with E-state index in [2.05, 4.69) is 5.32 Å². The predicted molar refractivity (Wildman–Crippen MR) is 72.2 cm³/mol. The van der Waals surface area contributed by atoms with Crippen LogP contribution in [0.4, 0.5) is 13.2 Å². The number of hydrogen-bond donors (Lipinski definition) is 1. The van der Waals surface area contributed by atoms with Gasteiger partial charge in [-0.15, -0.1) is 0 Å². The normalized spacial score (nSPS) is 22.5. The van der Waals surface area contributed by atoms with Crippen molar-refractivity contribution in [3.8, 4) is 0 Å². The second kappa shape index (κ2) is 6.58. The molecule has 0 aromatic heterocycles. The zero-order chi connectivity index (χ0) is 15.5. The van der Waals surface area contributed by atoms with Crippen LogP contribution in [-0.2, 0) is 10.9 Å². The summed E-state index contributed by atoms with van der Waals surface area (Å²) in [7, 11) is 0. The van der Waals surface area contributed by atoms with E-state index >= 15 is 0 Å². The summed E-state index contributed by atoms with van der Waals surface area (Å²) in [6, 6.07) is 4.29. The highest BCUT2D eigenvalue weighted by atomic mass is 19.4. The third-order valence-electron chi connectivity index (χ3n) is 3.57. The van der Waals surface area contributed by atoms with Gasteiger partial charge in [-0.1, -0.05) is 19.1 Å². The highest BCUT2D eigenvalue weighted by Crippen LogP contribution is 2.29. The molecule has 21 heavy (non-hydrogen) atoms. The molecule has 1 aromatic rings. The second-order valence-corrected chi connectivity index (χ2v) is 5.14. The Kier molecular flexibility index (Phi) is 5.00. The first-order chi connectivity index (χ1) is 9.93. The van der Waals surface area contributed by atoms with Gasteiger partial charge in [-0.05, 0) is 25.1 Å². The molecule has 0 saturated carbocycles. The number of hydrogen-bond acceptors (Lipinski definition) is 3. The second-order valence-electron chi connectivity index (χ2n) is 5.14. The number of ketones is 1. The van der Waals surface area contributed by atoms with Crippen LogP contribution in [0.25, 0.3) is 0 Å². The fourth-order valence-electron chi connectivity index (χ4n) is 2.38. The lowest BCUT2D eigenvalue weighted by Crippen LogP contribution is -2.39. The number of carbonyl (C=O) groups is 1. The molecule has 0 amide bonds.